The van der Waals surface area contributed by atoms with Crippen LogP contribution in [-0.4, -0.2) is 74.3 Å². The van der Waals surface area contributed by atoms with Crippen molar-refractivity contribution in [3.63, 3.8) is 0 Å². The molecule has 3 heterocycles. The Hall–Kier alpha value is -4.07. The molecule has 3 aromatic rings. The van der Waals surface area contributed by atoms with Crippen LogP contribution in [0.15, 0.2) is 42.5 Å². The summed E-state index contributed by atoms with van der Waals surface area (Å²) in [6.45, 7) is 1.58. The molecule has 1 saturated heterocycles. The van der Waals surface area contributed by atoms with Crippen LogP contribution in [0.2, 0.25) is 0 Å². The number of hydrogen-bond acceptors (Lipinski definition) is 7. The molecule has 43 heavy (non-hydrogen) atoms. The lowest BCUT2D eigenvalue weighted by Crippen LogP contribution is -2.38. The van der Waals surface area contributed by atoms with Gasteiger partial charge in [0, 0.05) is 51.5 Å². The first-order valence-electron chi connectivity index (χ1n) is 13.5. The normalized spacial score (nSPS) is 16.3. The Kier molecular flexibility index (Phi) is 8.41. The van der Waals surface area contributed by atoms with E-state index in [0.717, 1.165) is 5.69 Å². The molecule has 0 N–H and O–H groups in total. The Balaban J connectivity index is 1.60. The Morgan fingerprint density at radius 1 is 0.860 bits per heavy atom. The number of fused-ring (bicyclic) bond motifs is 1. The number of carbonyl (C=O) groups is 1. The maximum absolute atomic E-state index is 14.1. The van der Waals surface area contributed by atoms with E-state index in [-0.39, 0.29) is 48.3 Å². The molecule has 2 aliphatic heterocycles. The van der Waals surface area contributed by atoms with Crippen LogP contribution in [-0.2, 0) is 23.6 Å². The van der Waals surface area contributed by atoms with Gasteiger partial charge in [-0.05, 0) is 42.3 Å². The van der Waals surface area contributed by atoms with Gasteiger partial charge in [-0.25, -0.2) is 4.98 Å². The van der Waals surface area contributed by atoms with Crippen LogP contribution in [0.1, 0.15) is 33.5 Å². The average molecular weight is 610 g/mol. The molecular weight excluding hydrogens is 580 g/mol. The van der Waals surface area contributed by atoms with E-state index >= 15 is 0 Å². The van der Waals surface area contributed by atoms with Gasteiger partial charge in [-0.2, -0.15) is 31.3 Å². The van der Waals surface area contributed by atoms with Crippen molar-refractivity contribution in [2.45, 2.75) is 25.3 Å². The molecule has 0 radical (unpaired) electrons. The number of nitrogens with zero attached hydrogens (tertiary/aromatic N) is 5. The molecule has 0 spiro atoms. The lowest BCUT2D eigenvalue weighted by molar-refractivity contribution is -0.143. The van der Waals surface area contributed by atoms with Crippen molar-refractivity contribution in [2.75, 3.05) is 63.4 Å². The molecule has 0 unspecified atom stereocenters. The number of rotatable bonds is 5. The molecule has 230 valence electrons. The highest BCUT2D eigenvalue weighted by Gasteiger charge is 2.38. The third-order valence-electron chi connectivity index (χ3n) is 7.15. The fourth-order valence-corrected chi connectivity index (χ4v) is 4.92. The molecule has 0 bridgehead atoms. The van der Waals surface area contributed by atoms with Gasteiger partial charge in [0.05, 0.1) is 36.6 Å². The van der Waals surface area contributed by atoms with E-state index in [1.165, 1.54) is 4.90 Å². The molecule has 2 aromatic carbocycles. The highest BCUT2D eigenvalue weighted by molar-refractivity contribution is 6.02. The van der Waals surface area contributed by atoms with Gasteiger partial charge in [0.1, 0.15) is 5.56 Å². The molecular formula is C29H29F6N5O3. The van der Waals surface area contributed by atoms with Gasteiger partial charge in [-0.3, -0.25) is 4.79 Å². The van der Waals surface area contributed by atoms with Crippen LogP contribution in [0, 0.1) is 0 Å². The predicted molar refractivity (Wildman–Crippen MR) is 146 cm³/mol. The SMILES string of the molecule is CN(C)c1ccc(-c2nc(N3CCOCC3)nc3c2C(=O)N(Cc2cc(C(F)(F)F)cc(C(F)(F)F)c2)CCCO3)cc1. The lowest BCUT2D eigenvalue weighted by Gasteiger charge is -2.30. The smallest absolute Gasteiger partial charge is 0.416 e. The molecule has 14 heteroatoms. The zero-order valence-corrected chi connectivity index (χ0v) is 23.4. The molecule has 5 rings (SSSR count). The van der Waals surface area contributed by atoms with Gasteiger partial charge in [0.15, 0.2) is 0 Å². The largest absolute Gasteiger partial charge is 0.477 e. The minimum absolute atomic E-state index is 0.00194. The highest BCUT2D eigenvalue weighted by Crippen LogP contribution is 2.38. The maximum Gasteiger partial charge on any atom is 0.416 e. The van der Waals surface area contributed by atoms with E-state index in [4.69, 9.17) is 14.5 Å². The number of morpholine rings is 1. The molecule has 1 amide bonds. The number of alkyl halides is 6. The van der Waals surface area contributed by atoms with E-state index in [2.05, 4.69) is 4.98 Å². The van der Waals surface area contributed by atoms with Crippen LogP contribution >= 0.6 is 0 Å². The maximum atomic E-state index is 14.1. The number of benzene rings is 2. The summed E-state index contributed by atoms with van der Waals surface area (Å²) >= 11 is 0. The summed E-state index contributed by atoms with van der Waals surface area (Å²) in [7, 11) is 3.75. The zero-order chi connectivity index (χ0) is 30.9. The van der Waals surface area contributed by atoms with Crippen molar-refractivity contribution >= 4 is 17.5 Å². The van der Waals surface area contributed by atoms with E-state index in [1.54, 1.807) is 12.1 Å². The molecule has 0 aliphatic carbocycles. The van der Waals surface area contributed by atoms with E-state index in [1.807, 2.05) is 36.0 Å². The van der Waals surface area contributed by atoms with Crippen molar-refractivity contribution in [3.8, 4) is 17.1 Å². The summed E-state index contributed by atoms with van der Waals surface area (Å²) in [5, 5.41) is 0. The number of halogens is 6. The quantitative estimate of drug-likeness (QED) is 0.354. The predicted octanol–water partition coefficient (Wildman–Crippen LogP) is 5.51. The average Bonchev–Trinajstić information content (AvgIpc) is 2.96. The number of ether oxygens (including phenoxy) is 2. The summed E-state index contributed by atoms with van der Waals surface area (Å²) < 4.78 is 92.5. The van der Waals surface area contributed by atoms with E-state index < -0.39 is 35.9 Å². The Morgan fingerprint density at radius 3 is 2.07 bits per heavy atom. The lowest BCUT2D eigenvalue weighted by atomic mass is 10.0. The summed E-state index contributed by atoms with van der Waals surface area (Å²) in [5.41, 5.74) is -1.51. The minimum atomic E-state index is -5.01. The number of aromatic nitrogens is 2. The van der Waals surface area contributed by atoms with Gasteiger partial charge < -0.3 is 24.2 Å². The number of carbonyl (C=O) groups excluding carboxylic acids is 1. The van der Waals surface area contributed by atoms with Gasteiger partial charge >= 0.3 is 12.4 Å². The van der Waals surface area contributed by atoms with Crippen LogP contribution < -0.4 is 14.5 Å². The van der Waals surface area contributed by atoms with Crippen LogP contribution in [0.5, 0.6) is 5.88 Å². The van der Waals surface area contributed by atoms with Crippen LogP contribution in [0.3, 0.4) is 0 Å². The summed E-state index contributed by atoms with van der Waals surface area (Å²) in [6.07, 6.45) is -9.74. The third kappa shape index (κ3) is 6.79. The first kappa shape index (κ1) is 30.4. The van der Waals surface area contributed by atoms with E-state index in [0.29, 0.717) is 49.9 Å². The molecule has 8 nitrogen and oxygen atoms in total. The second kappa shape index (κ2) is 11.9. The van der Waals surface area contributed by atoms with Crippen molar-refractivity contribution in [1.82, 2.24) is 14.9 Å². The van der Waals surface area contributed by atoms with Gasteiger partial charge in [0.2, 0.25) is 11.8 Å². The third-order valence-corrected chi connectivity index (χ3v) is 7.15. The topological polar surface area (TPSA) is 71.0 Å². The van der Waals surface area contributed by atoms with Gasteiger partial charge in [-0.15, -0.1) is 0 Å². The van der Waals surface area contributed by atoms with Crippen molar-refractivity contribution in [1.29, 1.82) is 0 Å². The van der Waals surface area contributed by atoms with Crippen molar-refractivity contribution < 1.29 is 40.6 Å². The summed E-state index contributed by atoms with van der Waals surface area (Å²) in [6, 6.07) is 8.57. The highest BCUT2D eigenvalue weighted by atomic mass is 19.4. The van der Waals surface area contributed by atoms with Crippen LogP contribution in [0.25, 0.3) is 11.3 Å². The Bertz CT molecular complexity index is 1440. The van der Waals surface area contributed by atoms with E-state index in [9.17, 15) is 31.1 Å². The molecule has 2 aliphatic rings. The Labute approximate surface area is 243 Å². The zero-order valence-electron chi connectivity index (χ0n) is 23.4. The molecule has 1 aromatic heterocycles. The second-order valence-electron chi connectivity index (χ2n) is 10.4. The second-order valence-corrected chi connectivity index (χ2v) is 10.4. The monoisotopic (exact) mass is 609 g/mol. The number of hydrogen-bond donors (Lipinski definition) is 0. The number of anilines is 2. The fraction of sp³-hybridized carbons (Fsp3) is 0.414. The first-order chi connectivity index (χ1) is 20.3. The minimum Gasteiger partial charge on any atom is -0.477 e. The molecule has 0 saturated carbocycles. The van der Waals surface area contributed by atoms with Gasteiger partial charge in [-0.1, -0.05) is 12.1 Å². The molecule has 1 fully saturated rings. The molecule has 0 atom stereocenters. The van der Waals surface area contributed by atoms with Crippen molar-refractivity contribution in [3.05, 3.63) is 64.7 Å². The van der Waals surface area contributed by atoms with Crippen molar-refractivity contribution in [2.24, 2.45) is 0 Å². The van der Waals surface area contributed by atoms with Gasteiger partial charge in [0.25, 0.3) is 5.91 Å². The standard InChI is InChI=1S/C29H29F6N5O3/c1-38(2)22-6-4-19(5-7-22)24-23-25(37-27(36-24)39-9-12-42-13-10-39)43-11-3-8-40(26(23)41)17-18-14-20(28(30,31)32)16-21(15-18)29(33,34)35/h4-7,14-16H,3,8-13,17H2,1-2H3. The Morgan fingerprint density at radius 2 is 1.49 bits per heavy atom. The first-order valence-corrected chi connectivity index (χ1v) is 13.5. The summed E-state index contributed by atoms with van der Waals surface area (Å²) in [4.78, 5) is 28.4. The summed E-state index contributed by atoms with van der Waals surface area (Å²) in [5.74, 6) is -0.347. The fourth-order valence-electron chi connectivity index (χ4n) is 4.92. The van der Waals surface area contributed by atoms with Crippen LogP contribution in [0.4, 0.5) is 38.0 Å². The number of amides is 1.